The third-order valence-electron chi connectivity index (χ3n) is 2.84. The Hall–Kier alpha value is -1.09. The standard InChI is InChI=1S/C11H13BO2/c1-12(14)10-4-2-8(3-5-10)9-6-11(13)7-9/h2-5,9,14H,6-7H2,1H3. The molecule has 1 aliphatic rings. The van der Waals surface area contributed by atoms with Gasteiger partial charge in [-0.2, -0.15) is 0 Å². The number of hydrogen-bond acceptors (Lipinski definition) is 2. The summed E-state index contributed by atoms with van der Waals surface area (Å²) in [6, 6.07) is 7.89. The van der Waals surface area contributed by atoms with Gasteiger partial charge in [0.15, 0.2) is 0 Å². The highest BCUT2D eigenvalue weighted by Crippen LogP contribution is 2.32. The van der Waals surface area contributed by atoms with Crippen LogP contribution in [0.3, 0.4) is 0 Å². The van der Waals surface area contributed by atoms with Crippen LogP contribution in [0.1, 0.15) is 24.3 Å². The van der Waals surface area contributed by atoms with Crippen molar-refractivity contribution in [3.8, 4) is 0 Å². The van der Waals surface area contributed by atoms with Gasteiger partial charge in [0.1, 0.15) is 5.78 Å². The lowest BCUT2D eigenvalue weighted by atomic mass is 9.64. The maximum atomic E-state index is 10.8. The van der Waals surface area contributed by atoms with Crippen molar-refractivity contribution in [2.45, 2.75) is 25.6 Å². The molecule has 0 aromatic heterocycles. The number of benzene rings is 1. The normalized spacial score (nSPS) is 16.6. The second-order valence-electron chi connectivity index (χ2n) is 3.99. The highest BCUT2D eigenvalue weighted by Gasteiger charge is 2.27. The first-order chi connectivity index (χ1) is 6.66. The molecule has 72 valence electrons. The Morgan fingerprint density at radius 3 is 2.29 bits per heavy atom. The lowest BCUT2D eigenvalue weighted by molar-refractivity contribution is -0.124. The van der Waals surface area contributed by atoms with Crippen molar-refractivity contribution in [2.24, 2.45) is 0 Å². The number of carbonyl (C=O) groups excluding carboxylic acids is 1. The molecule has 3 heteroatoms. The van der Waals surface area contributed by atoms with Crippen molar-refractivity contribution >= 4 is 18.2 Å². The molecular formula is C11H13BO2. The van der Waals surface area contributed by atoms with Gasteiger partial charge in [0.2, 0.25) is 0 Å². The van der Waals surface area contributed by atoms with Crippen molar-refractivity contribution in [2.75, 3.05) is 0 Å². The smallest absolute Gasteiger partial charge is 0.320 e. The molecule has 0 saturated heterocycles. The lowest BCUT2D eigenvalue weighted by Crippen LogP contribution is -2.27. The maximum Gasteiger partial charge on any atom is 0.320 e. The molecule has 0 amide bonds. The van der Waals surface area contributed by atoms with Crippen LogP contribution < -0.4 is 5.46 Å². The molecule has 0 heterocycles. The van der Waals surface area contributed by atoms with Crippen LogP contribution in [0.5, 0.6) is 0 Å². The van der Waals surface area contributed by atoms with E-state index in [4.69, 9.17) is 0 Å². The van der Waals surface area contributed by atoms with E-state index in [1.165, 1.54) is 5.56 Å². The fourth-order valence-corrected chi connectivity index (χ4v) is 1.77. The van der Waals surface area contributed by atoms with Crippen LogP contribution in [0.2, 0.25) is 6.82 Å². The van der Waals surface area contributed by atoms with Crippen molar-refractivity contribution in [3.05, 3.63) is 29.8 Å². The van der Waals surface area contributed by atoms with Gasteiger partial charge in [-0.3, -0.25) is 4.79 Å². The zero-order valence-corrected chi connectivity index (χ0v) is 8.23. The van der Waals surface area contributed by atoms with E-state index in [2.05, 4.69) is 0 Å². The van der Waals surface area contributed by atoms with Crippen molar-refractivity contribution in [1.82, 2.24) is 0 Å². The average Bonchev–Trinajstić information content (AvgIpc) is 2.13. The van der Waals surface area contributed by atoms with Crippen LogP contribution in [0, 0.1) is 0 Å². The summed E-state index contributed by atoms with van der Waals surface area (Å²) in [6.07, 6.45) is 1.38. The Balaban J connectivity index is 2.10. The Morgan fingerprint density at radius 1 is 1.29 bits per heavy atom. The van der Waals surface area contributed by atoms with Gasteiger partial charge in [-0.1, -0.05) is 31.1 Å². The highest BCUT2D eigenvalue weighted by molar-refractivity contribution is 6.64. The monoisotopic (exact) mass is 188 g/mol. The van der Waals surface area contributed by atoms with E-state index < -0.39 is 6.92 Å². The number of Topliss-reactive ketones (excluding diaryl/α,β-unsaturated/α-hetero) is 1. The number of carbonyl (C=O) groups is 1. The molecule has 2 rings (SSSR count). The lowest BCUT2D eigenvalue weighted by Gasteiger charge is -2.24. The first kappa shape index (κ1) is 9.47. The third-order valence-corrected chi connectivity index (χ3v) is 2.84. The van der Waals surface area contributed by atoms with E-state index in [1.54, 1.807) is 6.82 Å². The third kappa shape index (κ3) is 1.73. The van der Waals surface area contributed by atoms with Crippen molar-refractivity contribution < 1.29 is 9.82 Å². The summed E-state index contributed by atoms with van der Waals surface area (Å²) >= 11 is 0. The Bertz CT molecular complexity index is 335. The van der Waals surface area contributed by atoms with Crippen LogP contribution in [0.15, 0.2) is 24.3 Å². The Labute approximate surface area is 84.1 Å². The highest BCUT2D eigenvalue weighted by atomic mass is 16.2. The van der Waals surface area contributed by atoms with Crippen molar-refractivity contribution in [1.29, 1.82) is 0 Å². The molecule has 1 aromatic carbocycles. The predicted molar refractivity (Wildman–Crippen MR) is 56.9 cm³/mol. The number of ketones is 1. The van der Waals surface area contributed by atoms with Gasteiger partial charge in [0, 0.05) is 12.8 Å². The molecule has 1 aliphatic carbocycles. The largest absolute Gasteiger partial charge is 0.447 e. The first-order valence-corrected chi connectivity index (χ1v) is 4.96. The first-order valence-electron chi connectivity index (χ1n) is 4.96. The van der Waals surface area contributed by atoms with Gasteiger partial charge in [0.05, 0.1) is 0 Å². The van der Waals surface area contributed by atoms with Crippen LogP contribution in [-0.2, 0) is 4.79 Å². The molecule has 0 spiro atoms. The molecule has 0 aliphatic heterocycles. The van der Waals surface area contributed by atoms with Crippen LogP contribution >= 0.6 is 0 Å². The second kappa shape index (κ2) is 3.58. The summed E-state index contributed by atoms with van der Waals surface area (Å²) in [7, 11) is 0. The van der Waals surface area contributed by atoms with Gasteiger partial charge < -0.3 is 5.02 Å². The SMILES string of the molecule is CB(O)c1ccc(C2CC(=O)C2)cc1. The van der Waals surface area contributed by atoms with Crippen LogP contribution in [-0.4, -0.2) is 17.7 Å². The van der Waals surface area contributed by atoms with Gasteiger partial charge in [-0.25, -0.2) is 0 Å². The number of rotatable bonds is 2. The molecule has 0 bridgehead atoms. The summed E-state index contributed by atoms with van der Waals surface area (Å²) < 4.78 is 0. The van der Waals surface area contributed by atoms with E-state index >= 15 is 0 Å². The van der Waals surface area contributed by atoms with E-state index in [0.29, 0.717) is 24.5 Å². The van der Waals surface area contributed by atoms with Gasteiger partial charge in [-0.05, 0) is 16.9 Å². The molecule has 2 nitrogen and oxygen atoms in total. The van der Waals surface area contributed by atoms with Crippen LogP contribution in [0.25, 0.3) is 0 Å². The Morgan fingerprint density at radius 2 is 1.86 bits per heavy atom. The summed E-state index contributed by atoms with van der Waals surface area (Å²) in [5.74, 6) is 0.778. The average molecular weight is 188 g/mol. The molecule has 14 heavy (non-hydrogen) atoms. The minimum absolute atomic E-state index is 0.356. The molecule has 1 saturated carbocycles. The minimum atomic E-state index is -0.410. The molecule has 1 aromatic rings. The fraction of sp³-hybridized carbons (Fsp3) is 0.364. The zero-order chi connectivity index (χ0) is 10.1. The van der Waals surface area contributed by atoms with E-state index in [1.807, 2.05) is 24.3 Å². The minimum Gasteiger partial charge on any atom is -0.447 e. The predicted octanol–water partition coefficient (Wildman–Crippen LogP) is 0.954. The molecule has 0 atom stereocenters. The summed E-state index contributed by atoms with van der Waals surface area (Å²) in [4.78, 5) is 10.8. The van der Waals surface area contributed by atoms with Gasteiger partial charge in [0.25, 0.3) is 0 Å². The summed E-state index contributed by atoms with van der Waals surface area (Å²) in [5, 5.41) is 9.31. The molecule has 0 unspecified atom stereocenters. The van der Waals surface area contributed by atoms with E-state index in [0.717, 1.165) is 5.46 Å². The summed E-state index contributed by atoms with van der Waals surface area (Å²) in [6.45, 7) is 1.34. The van der Waals surface area contributed by atoms with Gasteiger partial charge >= 0.3 is 6.92 Å². The quantitative estimate of drug-likeness (QED) is 0.701. The zero-order valence-electron chi connectivity index (χ0n) is 8.23. The maximum absolute atomic E-state index is 10.8. The summed E-state index contributed by atoms with van der Waals surface area (Å²) in [5.41, 5.74) is 2.15. The van der Waals surface area contributed by atoms with E-state index in [-0.39, 0.29) is 0 Å². The molecule has 1 N–H and O–H groups in total. The van der Waals surface area contributed by atoms with Gasteiger partial charge in [-0.15, -0.1) is 0 Å². The molecule has 1 fully saturated rings. The fourth-order valence-electron chi connectivity index (χ4n) is 1.77. The molecular weight excluding hydrogens is 175 g/mol. The Kier molecular flexibility index (Phi) is 2.42. The van der Waals surface area contributed by atoms with Crippen molar-refractivity contribution in [3.63, 3.8) is 0 Å². The van der Waals surface area contributed by atoms with E-state index in [9.17, 15) is 9.82 Å². The second-order valence-corrected chi connectivity index (χ2v) is 3.99. The molecule has 0 radical (unpaired) electrons. The van der Waals surface area contributed by atoms with Crippen LogP contribution in [0.4, 0.5) is 0 Å². The number of hydrogen-bond donors (Lipinski definition) is 1. The topological polar surface area (TPSA) is 37.3 Å².